The van der Waals surface area contributed by atoms with Gasteiger partial charge >= 0.3 is 6.03 Å². The number of hydrogen-bond donors (Lipinski definition) is 4. The van der Waals surface area contributed by atoms with Crippen LogP contribution in [0, 0.1) is 0 Å². The van der Waals surface area contributed by atoms with E-state index in [1.54, 1.807) is 30.6 Å². The third-order valence-corrected chi connectivity index (χ3v) is 5.71. The number of aromatic nitrogens is 1. The largest absolute Gasteiger partial charge is 0.491 e. The molecule has 36 heavy (non-hydrogen) atoms. The number of benzene rings is 2. The Morgan fingerprint density at radius 2 is 2.00 bits per heavy atom. The maximum Gasteiger partial charge on any atom is 0.316 e. The van der Waals surface area contributed by atoms with Crippen molar-refractivity contribution in [3.05, 3.63) is 87.9 Å². The van der Waals surface area contributed by atoms with E-state index >= 15 is 0 Å². The molecule has 11 heteroatoms. The van der Waals surface area contributed by atoms with E-state index in [9.17, 15) is 14.7 Å². The number of rotatable bonds is 10. The number of aliphatic hydroxyl groups excluding tert-OH is 1. The van der Waals surface area contributed by atoms with Crippen molar-refractivity contribution in [2.24, 2.45) is 5.73 Å². The maximum atomic E-state index is 13.2. The number of amides is 2. The number of primary amides is 1. The number of hydrogen-bond acceptors (Lipinski definition) is 7. The van der Waals surface area contributed by atoms with Crippen LogP contribution in [-0.2, 0) is 6.54 Å². The molecule has 0 unspecified atom stereocenters. The second-order valence-corrected chi connectivity index (χ2v) is 8.71. The van der Waals surface area contributed by atoms with Gasteiger partial charge in [0.25, 0.3) is 0 Å². The van der Waals surface area contributed by atoms with Gasteiger partial charge in [-0.2, -0.15) is 0 Å². The lowest BCUT2D eigenvalue weighted by Crippen LogP contribution is -2.31. The summed E-state index contributed by atoms with van der Waals surface area (Å²) in [4.78, 5) is 28.8. The lowest BCUT2D eigenvalue weighted by Gasteiger charge is -2.13. The van der Waals surface area contributed by atoms with Crippen LogP contribution >= 0.6 is 23.2 Å². The number of furan rings is 1. The Labute approximate surface area is 216 Å². The standard InChI is InChI=1S/C25H22Cl2N4O5/c26-15-3-5-18(20(27)8-15)23(33)24-22(31-25(28)34)19-6-4-17(9-21(19)36-24)35-13-16(32)12-30-11-14-2-1-7-29-10-14/h1-10,16,30,32H,11-13H2,(H3,28,31,34)/t16-/m0/s1. The number of nitrogens with two attached hydrogens (primary N) is 1. The minimum atomic E-state index is -0.865. The highest BCUT2D eigenvalue weighted by molar-refractivity contribution is 6.37. The Morgan fingerprint density at radius 3 is 2.72 bits per heavy atom. The van der Waals surface area contributed by atoms with Crippen LogP contribution in [0.2, 0.25) is 10.0 Å². The van der Waals surface area contributed by atoms with Gasteiger partial charge in [0, 0.05) is 47.5 Å². The lowest BCUT2D eigenvalue weighted by atomic mass is 10.1. The molecule has 2 heterocycles. The molecule has 4 aromatic rings. The normalized spacial score (nSPS) is 11.9. The number of nitrogens with zero attached hydrogens (tertiary/aromatic N) is 1. The fourth-order valence-electron chi connectivity index (χ4n) is 3.51. The van der Waals surface area contributed by atoms with E-state index in [-0.39, 0.29) is 34.2 Å². The first-order chi connectivity index (χ1) is 17.3. The second-order valence-electron chi connectivity index (χ2n) is 7.86. The van der Waals surface area contributed by atoms with Gasteiger partial charge in [0.15, 0.2) is 5.76 Å². The predicted octanol–water partition coefficient (Wildman–Crippen LogP) is 4.39. The molecule has 0 aliphatic carbocycles. The van der Waals surface area contributed by atoms with Gasteiger partial charge in [-0.15, -0.1) is 0 Å². The molecule has 0 bridgehead atoms. The van der Waals surface area contributed by atoms with Crippen LogP contribution in [-0.4, -0.2) is 41.2 Å². The zero-order chi connectivity index (χ0) is 25.7. The lowest BCUT2D eigenvalue weighted by molar-refractivity contribution is 0.101. The number of anilines is 1. The molecule has 0 saturated carbocycles. The second kappa shape index (κ2) is 11.4. The van der Waals surface area contributed by atoms with E-state index in [1.807, 2.05) is 12.1 Å². The number of ether oxygens (including phenoxy) is 1. The van der Waals surface area contributed by atoms with E-state index in [0.29, 0.717) is 29.2 Å². The fraction of sp³-hybridized carbons (Fsp3) is 0.160. The Kier molecular flexibility index (Phi) is 8.07. The quantitative estimate of drug-likeness (QED) is 0.224. The first-order valence-corrected chi connectivity index (χ1v) is 11.6. The van der Waals surface area contributed by atoms with Crippen molar-refractivity contribution in [2.45, 2.75) is 12.6 Å². The molecule has 0 aliphatic heterocycles. The highest BCUT2D eigenvalue weighted by Gasteiger charge is 2.25. The summed E-state index contributed by atoms with van der Waals surface area (Å²) < 4.78 is 11.5. The van der Waals surface area contributed by atoms with Gasteiger partial charge < -0.3 is 30.6 Å². The summed E-state index contributed by atoms with van der Waals surface area (Å²) in [6.45, 7) is 0.892. The number of carbonyl (C=O) groups is 2. The van der Waals surface area contributed by atoms with Crippen LogP contribution in [0.5, 0.6) is 5.75 Å². The van der Waals surface area contributed by atoms with Gasteiger partial charge in [-0.1, -0.05) is 29.3 Å². The molecule has 0 aliphatic rings. The van der Waals surface area contributed by atoms with E-state index in [1.165, 1.54) is 18.2 Å². The third-order valence-electron chi connectivity index (χ3n) is 5.17. The van der Waals surface area contributed by atoms with Crippen LogP contribution in [0.4, 0.5) is 10.5 Å². The minimum absolute atomic E-state index is 0.0187. The molecule has 0 spiro atoms. The van der Waals surface area contributed by atoms with Gasteiger partial charge in [0.05, 0.1) is 5.02 Å². The number of nitrogens with one attached hydrogen (secondary N) is 2. The van der Waals surface area contributed by atoms with Crippen LogP contribution in [0.1, 0.15) is 21.7 Å². The summed E-state index contributed by atoms with van der Waals surface area (Å²) in [6, 6.07) is 12.1. The van der Waals surface area contributed by atoms with Gasteiger partial charge in [-0.25, -0.2) is 4.79 Å². The first kappa shape index (κ1) is 25.5. The molecule has 5 N–H and O–H groups in total. The number of ketones is 1. The molecule has 2 aromatic carbocycles. The first-order valence-electron chi connectivity index (χ1n) is 10.8. The summed E-state index contributed by atoms with van der Waals surface area (Å²) in [5.74, 6) is -0.310. The van der Waals surface area contributed by atoms with Crippen molar-refractivity contribution in [1.29, 1.82) is 0 Å². The van der Waals surface area contributed by atoms with Crippen molar-refractivity contribution >= 4 is 51.7 Å². The molecule has 2 aromatic heterocycles. The average molecular weight is 529 g/mol. The van der Waals surface area contributed by atoms with Gasteiger partial charge in [-0.05, 0) is 42.0 Å². The molecule has 2 amide bonds. The summed E-state index contributed by atoms with van der Waals surface area (Å²) in [7, 11) is 0. The summed E-state index contributed by atoms with van der Waals surface area (Å²) >= 11 is 12.1. The number of carbonyl (C=O) groups excluding carboxylic acids is 2. The van der Waals surface area contributed by atoms with Crippen LogP contribution in [0.3, 0.4) is 0 Å². The summed E-state index contributed by atoms with van der Waals surface area (Å²) in [5.41, 5.74) is 6.84. The van der Waals surface area contributed by atoms with Crippen molar-refractivity contribution < 1.29 is 23.8 Å². The van der Waals surface area contributed by atoms with E-state index in [2.05, 4.69) is 15.6 Å². The minimum Gasteiger partial charge on any atom is -0.491 e. The molecule has 4 rings (SSSR count). The van der Waals surface area contributed by atoms with Crippen molar-refractivity contribution in [3.8, 4) is 5.75 Å². The van der Waals surface area contributed by atoms with Gasteiger partial charge in [0.1, 0.15) is 29.7 Å². The van der Waals surface area contributed by atoms with Gasteiger partial charge in [-0.3, -0.25) is 9.78 Å². The number of pyridine rings is 1. The Hall–Kier alpha value is -3.63. The van der Waals surface area contributed by atoms with Crippen LogP contribution in [0.25, 0.3) is 11.0 Å². The van der Waals surface area contributed by atoms with E-state index in [0.717, 1.165) is 5.56 Å². The molecular formula is C25H22Cl2N4O5. The van der Waals surface area contributed by atoms with Crippen molar-refractivity contribution in [3.63, 3.8) is 0 Å². The van der Waals surface area contributed by atoms with Crippen molar-refractivity contribution in [2.75, 3.05) is 18.5 Å². The topological polar surface area (TPSA) is 140 Å². The smallest absolute Gasteiger partial charge is 0.316 e. The predicted molar refractivity (Wildman–Crippen MR) is 137 cm³/mol. The Bertz CT molecular complexity index is 1390. The van der Waals surface area contributed by atoms with Crippen molar-refractivity contribution in [1.82, 2.24) is 10.3 Å². The monoisotopic (exact) mass is 528 g/mol. The number of fused-ring (bicyclic) bond motifs is 1. The maximum absolute atomic E-state index is 13.2. The molecule has 1 atom stereocenters. The average Bonchev–Trinajstić information content (AvgIpc) is 3.20. The Morgan fingerprint density at radius 1 is 1.17 bits per heavy atom. The number of aliphatic hydroxyl groups is 1. The zero-order valence-electron chi connectivity index (χ0n) is 18.8. The molecular weight excluding hydrogens is 507 g/mol. The zero-order valence-corrected chi connectivity index (χ0v) is 20.3. The van der Waals surface area contributed by atoms with Crippen LogP contribution < -0.4 is 21.1 Å². The molecule has 0 fully saturated rings. The third kappa shape index (κ3) is 6.13. The van der Waals surface area contributed by atoms with E-state index in [4.69, 9.17) is 38.1 Å². The number of urea groups is 1. The van der Waals surface area contributed by atoms with Gasteiger partial charge in [0.2, 0.25) is 5.78 Å². The number of halogens is 2. The molecule has 9 nitrogen and oxygen atoms in total. The SMILES string of the molecule is NC(=O)Nc1c(C(=O)c2ccc(Cl)cc2Cl)oc2cc(OC[C@@H](O)CNCc3cccnc3)ccc12. The molecule has 0 saturated heterocycles. The molecule has 186 valence electrons. The van der Waals surface area contributed by atoms with Crippen LogP contribution in [0.15, 0.2) is 65.3 Å². The summed E-state index contributed by atoms with van der Waals surface area (Å²) in [5, 5.41) is 16.8. The highest BCUT2D eigenvalue weighted by Crippen LogP contribution is 2.36. The highest BCUT2D eigenvalue weighted by atomic mass is 35.5. The summed E-state index contributed by atoms with van der Waals surface area (Å²) in [6.07, 6.45) is 2.67. The van der Waals surface area contributed by atoms with E-state index < -0.39 is 17.9 Å². The Balaban J connectivity index is 1.49. The molecule has 0 radical (unpaired) electrons. The fourth-order valence-corrected chi connectivity index (χ4v) is 4.00.